The van der Waals surface area contributed by atoms with Gasteiger partial charge in [0.2, 0.25) is 11.1 Å². The maximum atomic E-state index is 12.8. The van der Waals surface area contributed by atoms with Gasteiger partial charge in [-0.15, -0.1) is 0 Å². The van der Waals surface area contributed by atoms with Gasteiger partial charge in [0.1, 0.15) is 5.76 Å². The average molecular weight is 369 g/mol. The molecule has 0 saturated carbocycles. The first-order valence-corrected chi connectivity index (χ1v) is 9.29. The molecule has 7 nitrogen and oxygen atoms in total. The van der Waals surface area contributed by atoms with Crippen LogP contribution in [0.2, 0.25) is 0 Å². The van der Waals surface area contributed by atoms with Crippen LogP contribution in [0.1, 0.15) is 24.6 Å². The fraction of sp³-hybridized carbons (Fsp3) is 0.222. The van der Waals surface area contributed by atoms with Crippen LogP contribution in [0.5, 0.6) is 0 Å². The Balaban J connectivity index is 2.10. The van der Waals surface area contributed by atoms with Crippen molar-refractivity contribution in [2.45, 2.75) is 25.2 Å². The number of anilines is 1. The zero-order chi connectivity index (χ0) is 18.4. The predicted molar refractivity (Wildman–Crippen MR) is 97.0 cm³/mol. The van der Waals surface area contributed by atoms with Gasteiger partial charge in [0, 0.05) is 12.0 Å². The van der Waals surface area contributed by atoms with Crippen LogP contribution in [-0.4, -0.2) is 22.2 Å². The third-order valence-corrected chi connectivity index (χ3v) is 4.88. The molecule has 0 radical (unpaired) electrons. The lowest BCUT2D eigenvalue weighted by molar-refractivity contribution is -0.764. The third kappa shape index (κ3) is 2.45. The molecular weight excluding hydrogens is 352 g/mol. The van der Waals surface area contributed by atoms with Crippen molar-refractivity contribution in [3.05, 3.63) is 58.3 Å². The molecule has 3 aromatic rings. The summed E-state index contributed by atoms with van der Waals surface area (Å²) in [4.78, 5) is 29.8. The number of furan rings is 1. The highest BCUT2D eigenvalue weighted by Crippen LogP contribution is 2.37. The molecular formula is C18H17N4O3S+. The van der Waals surface area contributed by atoms with Gasteiger partial charge in [0.15, 0.2) is 5.76 Å². The van der Waals surface area contributed by atoms with Crippen LogP contribution in [0.3, 0.4) is 0 Å². The summed E-state index contributed by atoms with van der Waals surface area (Å²) in [5.74, 6) is 1.10. The number of amides is 1. The van der Waals surface area contributed by atoms with Crippen molar-refractivity contribution in [3.63, 3.8) is 0 Å². The van der Waals surface area contributed by atoms with E-state index in [-0.39, 0.29) is 11.5 Å². The number of rotatable bonds is 2. The number of nitrogens with zero attached hydrogens (tertiary/aromatic N) is 3. The number of carbonyl (C=O) groups is 1. The van der Waals surface area contributed by atoms with E-state index in [9.17, 15) is 9.59 Å². The molecule has 26 heavy (non-hydrogen) atoms. The number of fused-ring (bicyclic) bond motifs is 3. The highest BCUT2D eigenvalue weighted by atomic mass is 32.2. The minimum atomic E-state index is -0.667. The van der Waals surface area contributed by atoms with E-state index in [0.29, 0.717) is 27.9 Å². The Bertz CT molecular complexity index is 1070. The molecule has 0 aliphatic carbocycles. The van der Waals surface area contributed by atoms with E-state index in [1.807, 2.05) is 49.6 Å². The van der Waals surface area contributed by atoms with Crippen molar-refractivity contribution in [2.24, 2.45) is 0 Å². The Morgan fingerprint density at radius 3 is 2.73 bits per heavy atom. The van der Waals surface area contributed by atoms with Crippen LogP contribution in [-0.2, 0) is 4.79 Å². The van der Waals surface area contributed by atoms with Gasteiger partial charge in [0.05, 0.1) is 11.3 Å². The number of aryl methyl sites for hydroxylation is 1. The summed E-state index contributed by atoms with van der Waals surface area (Å²) >= 11 is 1.33. The van der Waals surface area contributed by atoms with Gasteiger partial charge >= 0.3 is 17.4 Å². The molecule has 0 bridgehead atoms. The first-order chi connectivity index (χ1) is 12.5. The largest absolute Gasteiger partial charge is 0.457 e. The van der Waals surface area contributed by atoms with Gasteiger partial charge in [-0.2, -0.15) is 0 Å². The van der Waals surface area contributed by atoms with Crippen LogP contribution >= 0.6 is 11.8 Å². The monoisotopic (exact) mass is 369 g/mol. The Morgan fingerprint density at radius 2 is 2.08 bits per heavy atom. The van der Waals surface area contributed by atoms with Crippen molar-refractivity contribution >= 4 is 23.4 Å². The Morgan fingerprint density at radius 1 is 1.31 bits per heavy atom. The third-order valence-electron chi connectivity index (χ3n) is 4.31. The number of aromatic amines is 1. The molecule has 132 valence electrons. The molecule has 0 spiro atoms. The molecule has 1 aliphatic rings. The van der Waals surface area contributed by atoms with Crippen molar-refractivity contribution in [1.29, 1.82) is 0 Å². The highest BCUT2D eigenvalue weighted by molar-refractivity contribution is 7.98. The van der Waals surface area contributed by atoms with Crippen molar-refractivity contribution in [1.82, 2.24) is 10.1 Å². The second-order valence-corrected chi connectivity index (χ2v) is 6.78. The summed E-state index contributed by atoms with van der Waals surface area (Å²) in [7, 11) is 0. The number of aromatic nitrogens is 3. The topological polar surface area (TPSA) is 83.1 Å². The molecule has 1 aromatic carbocycles. The van der Waals surface area contributed by atoms with Crippen LogP contribution in [0.15, 0.2) is 50.8 Å². The molecule has 1 amide bonds. The number of nitrogens with one attached hydrogen (secondary N) is 1. The van der Waals surface area contributed by atoms with Gasteiger partial charge in [-0.25, -0.2) is 4.90 Å². The molecule has 1 aliphatic heterocycles. The molecule has 8 heteroatoms. The lowest BCUT2D eigenvalue weighted by Crippen LogP contribution is -2.60. The minimum Gasteiger partial charge on any atom is -0.457 e. The molecule has 3 heterocycles. The van der Waals surface area contributed by atoms with Crippen LogP contribution < -0.4 is 15.1 Å². The Kier molecular flexibility index (Phi) is 3.91. The first-order valence-electron chi connectivity index (χ1n) is 8.07. The van der Waals surface area contributed by atoms with E-state index >= 15 is 0 Å². The first kappa shape index (κ1) is 16.6. The second-order valence-electron chi connectivity index (χ2n) is 5.98. The van der Waals surface area contributed by atoms with Crippen molar-refractivity contribution < 1.29 is 13.9 Å². The predicted octanol–water partition coefficient (Wildman–Crippen LogP) is 2.26. The quantitative estimate of drug-likeness (QED) is 0.553. The van der Waals surface area contributed by atoms with Gasteiger partial charge in [-0.1, -0.05) is 23.9 Å². The molecule has 2 aromatic heterocycles. The molecule has 0 saturated heterocycles. The number of hydrogen-bond donors (Lipinski definition) is 1. The molecule has 1 N–H and O–H groups in total. The molecule has 4 rings (SSSR count). The zero-order valence-electron chi connectivity index (χ0n) is 14.5. The van der Waals surface area contributed by atoms with Crippen LogP contribution in [0, 0.1) is 6.92 Å². The minimum absolute atomic E-state index is 0.164. The van der Waals surface area contributed by atoms with Crippen molar-refractivity contribution in [3.8, 4) is 11.3 Å². The summed E-state index contributed by atoms with van der Waals surface area (Å²) in [5, 5.41) is 5.03. The molecule has 0 fully saturated rings. The summed E-state index contributed by atoms with van der Waals surface area (Å²) in [5.41, 5.74) is 1.45. The van der Waals surface area contributed by atoms with E-state index in [1.165, 1.54) is 18.7 Å². The molecule has 0 unspecified atom stereocenters. The van der Waals surface area contributed by atoms with E-state index in [2.05, 4.69) is 10.1 Å². The van der Waals surface area contributed by atoms with Crippen LogP contribution in [0.4, 0.5) is 5.69 Å². The standard InChI is InChI=1S/C18H16N4O3S/c1-10-8-9-14(25-10)17-21(11(2)23)13-7-5-4-6-12(13)15-16(24)19-18(26-3)20-22(15)17/h4-9,17H,1-3H3/p+1/t17-/m1/s1. The van der Waals surface area contributed by atoms with E-state index in [0.717, 1.165) is 5.76 Å². The number of carbonyl (C=O) groups excluding carboxylic acids is 1. The highest BCUT2D eigenvalue weighted by Gasteiger charge is 2.46. The van der Waals surface area contributed by atoms with Gasteiger partial charge in [-0.05, 0) is 42.1 Å². The zero-order valence-corrected chi connectivity index (χ0v) is 15.3. The van der Waals surface area contributed by atoms with E-state index in [4.69, 9.17) is 4.42 Å². The summed E-state index contributed by atoms with van der Waals surface area (Å²) in [6, 6.07) is 11.0. The Hall–Kier alpha value is -2.87. The Labute approximate surface area is 153 Å². The van der Waals surface area contributed by atoms with Crippen molar-refractivity contribution in [2.75, 3.05) is 11.2 Å². The van der Waals surface area contributed by atoms with Gasteiger partial charge < -0.3 is 4.42 Å². The lowest BCUT2D eigenvalue weighted by atomic mass is 10.0. The fourth-order valence-electron chi connectivity index (χ4n) is 3.25. The maximum absolute atomic E-state index is 12.8. The summed E-state index contributed by atoms with van der Waals surface area (Å²) in [6.07, 6.45) is 1.16. The number of H-pyrrole nitrogens is 1. The SMILES string of the molecule is CSc1n[n+]2c(c(=O)[nH]1)-c1ccccc1N(C(C)=O)[C@H]2c1ccc(C)o1. The maximum Gasteiger partial charge on any atom is 0.325 e. The number of hydrogen-bond acceptors (Lipinski definition) is 5. The lowest BCUT2D eigenvalue weighted by Gasteiger charge is -2.29. The van der Waals surface area contributed by atoms with Gasteiger partial charge in [0.25, 0.3) is 0 Å². The number of benzene rings is 1. The second kappa shape index (κ2) is 6.14. The normalized spacial score (nSPS) is 15.5. The van der Waals surface area contributed by atoms with Gasteiger partial charge in [-0.3, -0.25) is 14.6 Å². The summed E-state index contributed by atoms with van der Waals surface area (Å²) in [6.45, 7) is 3.33. The van der Waals surface area contributed by atoms with E-state index < -0.39 is 6.17 Å². The number of thioether (sulfide) groups is 1. The fourth-order valence-corrected chi connectivity index (χ4v) is 3.62. The number of para-hydroxylation sites is 1. The van der Waals surface area contributed by atoms with Crippen LogP contribution in [0.25, 0.3) is 11.3 Å². The summed E-state index contributed by atoms with van der Waals surface area (Å²) < 4.78 is 7.39. The van der Waals surface area contributed by atoms with E-state index in [1.54, 1.807) is 9.58 Å². The molecule has 1 atom stereocenters. The average Bonchev–Trinajstić information content (AvgIpc) is 3.05. The smallest absolute Gasteiger partial charge is 0.325 e.